The quantitative estimate of drug-likeness (QED) is 0.0759. The third kappa shape index (κ3) is 12.5. The van der Waals surface area contributed by atoms with Crippen LogP contribution < -0.4 is 20.4 Å². The molecule has 4 aromatic rings. The Kier molecular flexibility index (Phi) is 19.7. The van der Waals surface area contributed by atoms with E-state index in [1.54, 1.807) is 22.7 Å². The first-order valence-electron chi connectivity index (χ1n) is 16.1. The summed E-state index contributed by atoms with van der Waals surface area (Å²) in [6, 6.07) is 21.5. The van der Waals surface area contributed by atoms with Gasteiger partial charge in [-0.3, -0.25) is 0 Å². The summed E-state index contributed by atoms with van der Waals surface area (Å²) in [5.74, 6) is 2.30. The summed E-state index contributed by atoms with van der Waals surface area (Å²) in [6.45, 7) is 6.61. The first-order chi connectivity index (χ1) is 22.6. The Balaban J connectivity index is 0.000000321. The molecule has 0 saturated heterocycles. The van der Waals surface area contributed by atoms with Gasteiger partial charge in [-0.25, -0.2) is 0 Å². The monoisotopic (exact) mass is 758 g/mol. The molecule has 0 atom stereocenters. The Morgan fingerprint density at radius 1 is 0.673 bits per heavy atom. The number of fused-ring (bicyclic) bond motifs is 2. The Labute approximate surface area is 318 Å². The normalized spacial score (nSPS) is 13.0. The molecular formula is C38H55ClN6S4. The molecule has 2 aliphatic rings. The van der Waals surface area contributed by atoms with Gasteiger partial charge in [0.25, 0.3) is 0 Å². The highest BCUT2D eigenvalue weighted by Crippen LogP contribution is 2.37. The van der Waals surface area contributed by atoms with E-state index in [0.29, 0.717) is 24.3 Å². The van der Waals surface area contributed by atoms with Crippen LogP contribution in [0.2, 0.25) is 0 Å². The summed E-state index contributed by atoms with van der Waals surface area (Å²) in [4.78, 5) is 9.89. The van der Waals surface area contributed by atoms with Crippen LogP contribution in [-0.4, -0.2) is 76.3 Å². The van der Waals surface area contributed by atoms with Crippen molar-refractivity contribution in [3.63, 3.8) is 0 Å². The Morgan fingerprint density at radius 2 is 1.10 bits per heavy atom. The van der Waals surface area contributed by atoms with Gasteiger partial charge in [0.1, 0.15) is 0 Å². The van der Waals surface area contributed by atoms with Crippen molar-refractivity contribution < 1.29 is 0 Å². The molecule has 4 heterocycles. The summed E-state index contributed by atoms with van der Waals surface area (Å²) in [6.07, 6.45) is 3.78. The maximum atomic E-state index is 8.26. The highest BCUT2D eigenvalue weighted by Gasteiger charge is 2.19. The van der Waals surface area contributed by atoms with Crippen molar-refractivity contribution in [2.45, 2.75) is 50.3 Å². The van der Waals surface area contributed by atoms with Crippen LogP contribution in [0.5, 0.6) is 0 Å². The second-order valence-electron chi connectivity index (χ2n) is 11.5. The molecule has 0 unspecified atom stereocenters. The molecule has 268 valence electrons. The summed E-state index contributed by atoms with van der Waals surface area (Å²) in [5, 5.41) is 27.0. The molecule has 0 aliphatic carbocycles. The average molecular weight is 760 g/mol. The lowest BCUT2D eigenvalue weighted by Crippen LogP contribution is -2.31. The van der Waals surface area contributed by atoms with Crippen LogP contribution in [0.15, 0.2) is 81.2 Å². The third-order valence-corrected chi connectivity index (χ3v) is 12.0. The molecule has 0 radical (unpaired) electrons. The van der Waals surface area contributed by atoms with E-state index in [4.69, 9.17) is 10.8 Å². The second-order valence-corrected chi connectivity index (χ2v) is 15.6. The van der Waals surface area contributed by atoms with Gasteiger partial charge < -0.3 is 31.3 Å². The highest BCUT2D eigenvalue weighted by molar-refractivity contribution is 7.99. The molecule has 0 amide bonds. The van der Waals surface area contributed by atoms with E-state index >= 15 is 0 Å². The number of nitrogens with one attached hydrogen (secondary N) is 4. The smallest absolute Gasteiger partial charge is 0.0529 e. The van der Waals surface area contributed by atoms with E-state index in [0.717, 1.165) is 60.5 Å². The molecule has 0 bridgehead atoms. The SMILES string of the molecule is C.C.CNCCCN1CCSc2cc(CC(=N)c3cccs3)ccc21.CNCCCN1CCSc2cc(CC(=N)c3cccs3)ccc21.Cl. The van der Waals surface area contributed by atoms with Crippen LogP contribution in [0.3, 0.4) is 0 Å². The summed E-state index contributed by atoms with van der Waals surface area (Å²) in [7, 11) is 4.02. The van der Waals surface area contributed by atoms with E-state index < -0.39 is 0 Å². The first kappa shape index (κ1) is 42.9. The first-order valence-corrected chi connectivity index (χ1v) is 19.8. The van der Waals surface area contributed by atoms with Crippen molar-refractivity contribution in [1.29, 1.82) is 10.8 Å². The lowest BCUT2D eigenvalue weighted by atomic mass is 10.1. The Hall–Kier alpha value is -2.31. The molecule has 2 aliphatic heterocycles. The molecular weight excluding hydrogens is 704 g/mol. The molecule has 49 heavy (non-hydrogen) atoms. The zero-order valence-electron chi connectivity index (χ0n) is 27.3. The number of benzene rings is 2. The molecule has 11 heteroatoms. The number of hydrogen-bond acceptors (Lipinski definition) is 10. The van der Waals surface area contributed by atoms with Crippen LogP contribution in [0.25, 0.3) is 0 Å². The van der Waals surface area contributed by atoms with E-state index in [1.807, 2.05) is 72.6 Å². The van der Waals surface area contributed by atoms with Crippen LogP contribution in [0, 0.1) is 10.8 Å². The summed E-state index contributed by atoms with van der Waals surface area (Å²) < 4.78 is 0. The van der Waals surface area contributed by atoms with E-state index in [1.165, 1.54) is 45.1 Å². The van der Waals surface area contributed by atoms with Crippen molar-refractivity contribution in [1.82, 2.24) is 10.6 Å². The van der Waals surface area contributed by atoms with Crippen molar-refractivity contribution in [3.05, 3.63) is 92.3 Å². The minimum absolute atomic E-state index is 0. The zero-order chi connectivity index (χ0) is 32.1. The van der Waals surface area contributed by atoms with Gasteiger partial charge in [0.15, 0.2) is 0 Å². The highest BCUT2D eigenvalue weighted by atomic mass is 35.5. The predicted octanol–water partition coefficient (Wildman–Crippen LogP) is 9.45. The minimum atomic E-state index is 0. The van der Waals surface area contributed by atoms with Gasteiger partial charge in [-0.15, -0.1) is 58.6 Å². The number of thioether (sulfide) groups is 2. The molecule has 0 spiro atoms. The Morgan fingerprint density at radius 3 is 1.47 bits per heavy atom. The Bertz CT molecular complexity index is 1430. The fourth-order valence-electron chi connectivity index (χ4n) is 5.70. The van der Waals surface area contributed by atoms with Crippen molar-refractivity contribution in [2.75, 3.05) is 74.7 Å². The average Bonchev–Trinajstić information content (AvgIpc) is 3.81. The van der Waals surface area contributed by atoms with Crippen LogP contribution in [0.4, 0.5) is 11.4 Å². The van der Waals surface area contributed by atoms with Gasteiger partial charge in [-0.2, -0.15) is 0 Å². The van der Waals surface area contributed by atoms with Gasteiger partial charge in [-0.1, -0.05) is 39.1 Å². The van der Waals surface area contributed by atoms with Crippen LogP contribution >= 0.6 is 58.6 Å². The summed E-state index contributed by atoms with van der Waals surface area (Å²) in [5.41, 5.74) is 6.64. The molecule has 2 aromatic carbocycles. The van der Waals surface area contributed by atoms with Gasteiger partial charge >= 0.3 is 0 Å². The summed E-state index contributed by atoms with van der Waals surface area (Å²) >= 11 is 7.18. The molecule has 0 fully saturated rings. The van der Waals surface area contributed by atoms with Crippen molar-refractivity contribution >= 4 is 81.4 Å². The third-order valence-electron chi connectivity index (χ3n) is 8.08. The van der Waals surface area contributed by atoms with Crippen molar-refractivity contribution in [3.8, 4) is 0 Å². The number of halogens is 1. The fourth-order valence-corrected chi connectivity index (χ4v) is 9.28. The van der Waals surface area contributed by atoms with Gasteiger partial charge in [0.2, 0.25) is 0 Å². The molecule has 2 aromatic heterocycles. The van der Waals surface area contributed by atoms with E-state index in [-0.39, 0.29) is 27.3 Å². The zero-order valence-corrected chi connectivity index (χ0v) is 31.4. The predicted molar refractivity (Wildman–Crippen MR) is 226 cm³/mol. The van der Waals surface area contributed by atoms with E-state index in [2.05, 4.69) is 56.8 Å². The van der Waals surface area contributed by atoms with Crippen LogP contribution in [0.1, 0.15) is 48.6 Å². The molecule has 4 N–H and O–H groups in total. The molecule has 6 rings (SSSR count). The lowest BCUT2D eigenvalue weighted by Gasteiger charge is -2.31. The number of thiophene rings is 2. The van der Waals surface area contributed by atoms with Gasteiger partial charge in [-0.05, 0) is 98.3 Å². The second kappa shape index (κ2) is 22.5. The van der Waals surface area contributed by atoms with Crippen molar-refractivity contribution in [2.24, 2.45) is 0 Å². The van der Waals surface area contributed by atoms with Gasteiger partial charge in [0.05, 0.1) is 22.8 Å². The minimum Gasteiger partial charge on any atom is -0.370 e. The standard InChI is InChI=1S/2C18H23N3S2.2CH4.ClH/c2*1-20-7-3-8-21-9-11-23-18-13-14(5-6-16(18)21)12-15(19)17-4-2-10-22-17;;;/h2*2,4-6,10,13,19-20H,3,7-9,11-12H2,1H3;2*1H4;1H. The fraction of sp³-hybridized carbons (Fsp3) is 0.421. The number of nitrogens with zero attached hydrogens (tertiary/aromatic N) is 2. The van der Waals surface area contributed by atoms with Crippen LogP contribution in [-0.2, 0) is 12.8 Å². The largest absolute Gasteiger partial charge is 0.370 e. The number of hydrogen-bond donors (Lipinski definition) is 4. The molecule has 6 nitrogen and oxygen atoms in total. The number of rotatable bonds is 14. The topological polar surface area (TPSA) is 78.2 Å². The lowest BCUT2D eigenvalue weighted by molar-refractivity contribution is 0.689. The molecule has 0 saturated carbocycles. The maximum absolute atomic E-state index is 8.26. The van der Waals surface area contributed by atoms with E-state index in [9.17, 15) is 0 Å². The van der Waals surface area contributed by atoms with Gasteiger partial charge in [0, 0.05) is 70.1 Å². The number of anilines is 2. The maximum Gasteiger partial charge on any atom is 0.0529 e.